The number of carbonyl (C=O) groups is 1. The predicted octanol–water partition coefficient (Wildman–Crippen LogP) is 2.32. The summed E-state index contributed by atoms with van der Waals surface area (Å²) in [5.74, 6) is 1.11. The summed E-state index contributed by atoms with van der Waals surface area (Å²) in [6, 6.07) is 0.293. The van der Waals surface area contributed by atoms with Crippen molar-refractivity contribution in [1.29, 1.82) is 0 Å². The zero-order chi connectivity index (χ0) is 12.6. The Kier molecular flexibility index (Phi) is 3.85. The zero-order valence-corrected chi connectivity index (χ0v) is 12.2. The molecule has 0 aromatic rings. The first-order chi connectivity index (χ1) is 7.89. The summed E-state index contributed by atoms with van der Waals surface area (Å²) in [7, 11) is 1.49. The van der Waals surface area contributed by atoms with Gasteiger partial charge in [-0.15, -0.1) is 0 Å². The molecule has 2 heterocycles. The molecule has 2 saturated heterocycles. The van der Waals surface area contributed by atoms with E-state index in [1.54, 1.807) is 0 Å². The van der Waals surface area contributed by atoms with Crippen molar-refractivity contribution in [3.05, 3.63) is 0 Å². The molecule has 2 bridgehead atoms. The van der Waals surface area contributed by atoms with Crippen molar-refractivity contribution in [2.75, 3.05) is 13.1 Å². The van der Waals surface area contributed by atoms with Crippen LogP contribution in [0.3, 0.4) is 0 Å². The molecule has 3 aliphatic rings. The predicted molar refractivity (Wildman–Crippen MR) is 72.9 cm³/mol. The Morgan fingerprint density at radius 3 is 2.47 bits per heavy atom. The van der Waals surface area contributed by atoms with E-state index in [1.807, 2.05) is 20.8 Å². The molecule has 0 spiro atoms. The van der Waals surface area contributed by atoms with Crippen molar-refractivity contribution < 1.29 is 9.53 Å². The molecule has 1 amide bonds. The minimum Gasteiger partial charge on any atom is -0.444 e. The van der Waals surface area contributed by atoms with E-state index in [0.29, 0.717) is 17.9 Å². The average molecular weight is 276 g/mol. The fourth-order valence-corrected chi connectivity index (χ4v) is 3.51. The van der Waals surface area contributed by atoms with Crippen LogP contribution in [-0.2, 0) is 4.74 Å². The number of nitrogens with zero attached hydrogens (tertiary/aromatic N) is 1. The Morgan fingerprint density at radius 1 is 1.41 bits per heavy atom. The van der Waals surface area contributed by atoms with Gasteiger partial charge in [0.05, 0.1) is 0 Å². The van der Waals surface area contributed by atoms with Crippen molar-refractivity contribution in [3.63, 3.8) is 0 Å². The molecule has 0 aromatic heterocycles. The normalized spacial score (nSPS) is 32.8. The second-order valence-corrected chi connectivity index (χ2v) is 7.03. The lowest BCUT2D eigenvalue weighted by Crippen LogP contribution is -2.63. The number of fused-ring (bicyclic) bond motifs is 2. The summed E-state index contributed by atoms with van der Waals surface area (Å²) in [5, 5.41) is 3.00. The van der Waals surface area contributed by atoms with Crippen LogP contribution < -0.4 is 5.32 Å². The molecular formula is C11H20N2O2S2. The Bertz CT molecular complexity index is 294. The first-order valence-electron chi connectivity index (χ1n) is 5.95. The highest BCUT2D eigenvalue weighted by Gasteiger charge is 2.47. The first-order valence-corrected chi connectivity index (χ1v) is 7.77. The second kappa shape index (κ2) is 4.90. The van der Waals surface area contributed by atoms with Gasteiger partial charge in [0, 0.05) is 19.1 Å². The summed E-state index contributed by atoms with van der Waals surface area (Å²) in [6.45, 7) is 7.66. The summed E-state index contributed by atoms with van der Waals surface area (Å²) in [6.07, 6.45) is 0.926. The SMILES string of the molecule is CC(C)(C)OC(=O)NC1C2CC1CN(SS)C2. The number of piperidine rings is 2. The maximum absolute atomic E-state index is 11.7. The third-order valence-electron chi connectivity index (χ3n) is 3.30. The van der Waals surface area contributed by atoms with Crippen LogP contribution in [0.25, 0.3) is 0 Å². The van der Waals surface area contributed by atoms with Crippen molar-refractivity contribution >= 4 is 28.7 Å². The van der Waals surface area contributed by atoms with Crippen LogP contribution in [0.2, 0.25) is 0 Å². The Morgan fingerprint density at radius 2 is 2.00 bits per heavy atom. The Hall–Kier alpha value is -0.0700. The summed E-state index contributed by atoms with van der Waals surface area (Å²) in [4.78, 5) is 11.7. The van der Waals surface area contributed by atoms with Gasteiger partial charge in [0.25, 0.3) is 0 Å². The lowest BCUT2D eigenvalue weighted by molar-refractivity contribution is 0.00721. The highest BCUT2D eigenvalue weighted by molar-refractivity contribution is 8.67. The van der Waals surface area contributed by atoms with Gasteiger partial charge in [-0.2, -0.15) is 0 Å². The molecular weight excluding hydrogens is 256 g/mol. The maximum Gasteiger partial charge on any atom is 0.407 e. The standard InChI is InChI=1S/C11H20N2O2S2/c1-11(2,3)15-10(14)12-9-7-4-8(9)6-13(5-7)17-16/h7-9,16H,4-6H2,1-3H3,(H,12,14). The van der Waals surface area contributed by atoms with E-state index in [4.69, 9.17) is 4.74 Å². The number of hydrogen-bond acceptors (Lipinski definition) is 5. The molecule has 1 aliphatic carbocycles. The summed E-state index contributed by atoms with van der Waals surface area (Å²) in [5.41, 5.74) is -0.421. The van der Waals surface area contributed by atoms with Crippen LogP contribution in [0.1, 0.15) is 27.2 Å². The monoisotopic (exact) mass is 276 g/mol. The van der Waals surface area contributed by atoms with Crippen molar-refractivity contribution in [1.82, 2.24) is 9.62 Å². The topological polar surface area (TPSA) is 41.6 Å². The highest BCUT2D eigenvalue weighted by Crippen LogP contribution is 2.42. The van der Waals surface area contributed by atoms with Gasteiger partial charge in [0.1, 0.15) is 5.60 Å². The van der Waals surface area contributed by atoms with Crippen LogP contribution in [0, 0.1) is 11.8 Å². The fourth-order valence-electron chi connectivity index (χ4n) is 2.59. The van der Waals surface area contributed by atoms with Gasteiger partial charge >= 0.3 is 6.09 Å². The number of carbonyl (C=O) groups excluding carboxylic acids is 1. The average Bonchev–Trinajstić information content (AvgIpc) is 2.23. The van der Waals surface area contributed by atoms with Gasteiger partial charge in [0.2, 0.25) is 0 Å². The first kappa shape index (κ1) is 13.4. The van der Waals surface area contributed by atoms with Gasteiger partial charge in [-0.3, -0.25) is 0 Å². The van der Waals surface area contributed by atoms with Crippen LogP contribution in [0.5, 0.6) is 0 Å². The minimum absolute atomic E-state index is 0.288. The van der Waals surface area contributed by atoms with Crippen molar-refractivity contribution in [2.45, 2.75) is 38.8 Å². The molecule has 3 rings (SSSR count). The Labute approximate surface area is 112 Å². The van der Waals surface area contributed by atoms with Crippen molar-refractivity contribution in [3.8, 4) is 0 Å². The molecule has 2 atom stereocenters. The highest BCUT2D eigenvalue weighted by atomic mass is 33.1. The van der Waals surface area contributed by atoms with E-state index in [0.717, 1.165) is 13.1 Å². The molecule has 2 unspecified atom stereocenters. The van der Waals surface area contributed by atoms with E-state index >= 15 is 0 Å². The molecule has 17 heavy (non-hydrogen) atoms. The van der Waals surface area contributed by atoms with Gasteiger partial charge in [-0.1, -0.05) is 11.7 Å². The van der Waals surface area contributed by atoms with Gasteiger partial charge in [-0.05, 0) is 50.0 Å². The smallest absolute Gasteiger partial charge is 0.407 e. The number of nitrogens with one attached hydrogen (secondary N) is 1. The second-order valence-electron chi connectivity index (χ2n) is 5.86. The number of thiol groups is 1. The van der Waals surface area contributed by atoms with Crippen LogP contribution in [0.4, 0.5) is 4.79 Å². The summed E-state index contributed by atoms with van der Waals surface area (Å²) >= 11 is 4.21. The molecule has 98 valence electrons. The van der Waals surface area contributed by atoms with E-state index in [-0.39, 0.29) is 6.09 Å². The van der Waals surface area contributed by atoms with Gasteiger partial charge in [-0.25, -0.2) is 9.10 Å². The molecule has 0 radical (unpaired) electrons. The van der Waals surface area contributed by atoms with Crippen LogP contribution in [0.15, 0.2) is 0 Å². The number of alkyl carbamates (subject to hydrolysis) is 1. The quantitative estimate of drug-likeness (QED) is 0.461. The molecule has 1 saturated carbocycles. The van der Waals surface area contributed by atoms with Crippen molar-refractivity contribution in [2.24, 2.45) is 11.8 Å². The Balaban J connectivity index is 1.81. The lowest BCUT2D eigenvalue weighted by atomic mass is 9.67. The van der Waals surface area contributed by atoms with Crippen LogP contribution >= 0.6 is 22.6 Å². The number of rotatable bonds is 2. The van der Waals surface area contributed by atoms with E-state index in [2.05, 4.69) is 21.3 Å². The molecule has 2 aliphatic heterocycles. The lowest BCUT2D eigenvalue weighted by Gasteiger charge is -2.52. The number of hydrogen-bond donors (Lipinski definition) is 2. The maximum atomic E-state index is 11.7. The van der Waals surface area contributed by atoms with E-state index in [9.17, 15) is 4.79 Å². The zero-order valence-electron chi connectivity index (χ0n) is 10.5. The third-order valence-corrected chi connectivity index (χ3v) is 4.52. The van der Waals surface area contributed by atoms with Crippen LogP contribution in [-0.4, -0.2) is 35.1 Å². The molecule has 4 nitrogen and oxygen atoms in total. The molecule has 3 fully saturated rings. The number of amides is 1. The van der Waals surface area contributed by atoms with Gasteiger partial charge in [0.15, 0.2) is 0 Å². The summed E-state index contributed by atoms with van der Waals surface area (Å²) < 4.78 is 7.52. The van der Waals surface area contributed by atoms with E-state index < -0.39 is 5.60 Å². The minimum atomic E-state index is -0.421. The molecule has 6 heteroatoms. The molecule has 0 aromatic carbocycles. The van der Waals surface area contributed by atoms with E-state index in [1.165, 1.54) is 17.4 Å². The third kappa shape index (κ3) is 3.23. The fraction of sp³-hybridized carbons (Fsp3) is 0.909. The number of ether oxygens (including phenoxy) is 1. The van der Waals surface area contributed by atoms with Gasteiger partial charge < -0.3 is 10.1 Å². The largest absolute Gasteiger partial charge is 0.444 e. The molecule has 1 N–H and O–H groups in total.